The number of pyridine rings is 1. The first-order valence-corrected chi connectivity index (χ1v) is 3.59. The lowest BCUT2D eigenvalue weighted by molar-refractivity contribution is -0.719. The van der Waals surface area contributed by atoms with Gasteiger partial charge in [-0.05, 0) is 6.07 Å². The predicted octanol–water partition coefficient (Wildman–Crippen LogP) is 0.440. The Morgan fingerprint density at radius 3 is 3.20 bits per heavy atom. The number of hydrogen-bond acceptors (Lipinski definition) is 3. The fourth-order valence-electron chi connectivity index (χ4n) is 0.751. The van der Waals surface area contributed by atoms with E-state index in [0.29, 0.717) is 0 Å². The maximum atomic E-state index is 10.6. The van der Waals surface area contributed by atoms with Crippen LogP contribution in [-0.2, 0) is 0 Å². The Labute approximate surface area is 60.1 Å². The van der Waals surface area contributed by atoms with Crippen molar-refractivity contribution in [3.63, 3.8) is 0 Å². The molecule has 0 aromatic carbocycles. The third kappa shape index (κ3) is 0.733. The van der Waals surface area contributed by atoms with Crippen LogP contribution in [0.1, 0.15) is 0 Å². The molecule has 2 heterocycles. The summed E-state index contributed by atoms with van der Waals surface area (Å²) in [6.45, 7) is 0. The van der Waals surface area contributed by atoms with Crippen LogP contribution in [0, 0.1) is 0 Å². The standard InChI is InChI=1S/C6H4NO2S/c8-6-9-7-4-2-1-3-5(7)10-6/h1-4H/q+1. The first-order chi connectivity index (χ1) is 4.86. The summed E-state index contributed by atoms with van der Waals surface area (Å²) in [6, 6.07) is 5.50. The lowest BCUT2D eigenvalue weighted by Crippen LogP contribution is -2.17. The van der Waals surface area contributed by atoms with Gasteiger partial charge in [-0.2, -0.15) is 4.52 Å². The normalized spacial score (nSPS) is 10.4. The molecule has 0 radical (unpaired) electrons. The van der Waals surface area contributed by atoms with E-state index in [0.717, 1.165) is 16.2 Å². The molecule has 0 N–H and O–H groups in total. The summed E-state index contributed by atoms with van der Waals surface area (Å²) >= 11 is 1.09. The number of nitrogens with zero attached hydrogens (tertiary/aromatic N) is 1. The van der Waals surface area contributed by atoms with Crippen molar-refractivity contribution in [2.75, 3.05) is 0 Å². The van der Waals surface area contributed by atoms with Crippen LogP contribution in [0.2, 0.25) is 0 Å². The minimum absolute atomic E-state index is 0.272. The number of fused-ring (bicyclic) bond motifs is 1. The molecule has 2 rings (SSSR count). The minimum Gasteiger partial charge on any atom is -0.226 e. The number of hydrogen-bond donors (Lipinski definition) is 0. The van der Waals surface area contributed by atoms with Crippen LogP contribution in [0.5, 0.6) is 0 Å². The van der Waals surface area contributed by atoms with Crippen LogP contribution in [0.3, 0.4) is 0 Å². The van der Waals surface area contributed by atoms with E-state index in [1.54, 1.807) is 6.20 Å². The zero-order valence-electron chi connectivity index (χ0n) is 4.98. The van der Waals surface area contributed by atoms with Gasteiger partial charge in [0.25, 0.3) is 0 Å². The highest BCUT2D eigenvalue weighted by Crippen LogP contribution is 1.96. The van der Waals surface area contributed by atoms with Crippen LogP contribution in [0.25, 0.3) is 4.83 Å². The molecule has 0 spiro atoms. The van der Waals surface area contributed by atoms with Crippen molar-refractivity contribution >= 4 is 16.2 Å². The van der Waals surface area contributed by atoms with Crippen molar-refractivity contribution < 1.29 is 9.10 Å². The van der Waals surface area contributed by atoms with E-state index in [2.05, 4.69) is 0 Å². The molecule has 50 valence electrons. The second kappa shape index (κ2) is 1.91. The molecular weight excluding hydrogens is 150 g/mol. The molecule has 2 aromatic heterocycles. The van der Waals surface area contributed by atoms with Gasteiger partial charge in [0.2, 0.25) is 6.20 Å². The Balaban J connectivity index is 3.01. The minimum atomic E-state index is -0.272. The smallest absolute Gasteiger partial charge is 0.226 e. The summed E-state index contributed by atoms with van der Waals surface area (Å²) in [4.78, 5) is 11.2. The van der Waals surface area contributed by atoms with Gasteiger partial charge in [0, 0.05) is 28.0 Å². The average Bonchev–Trinajstić information content (AvgIpc) is 2.27. The Kier molecular flexibility index (Phi) is 1.07. The van der Waals surface area contributed by atoms with Crippen LogP contribution >= 0.6 is 11.3 Å². The van der Waals surface area contributed by atoms with Gasteiger partial charge >= 0.3 is 9.77 Å². The summed E-state index contributed by atoms with van der Waals surface area (Å²) < 4.78 is 6.20. The average molecular weight is 154 g/mol. The molecule has 0 bridgehead atoms. The SMILES string of the molecule is O=c1o[n+]2ccccc2s1. The quantitative estimate of drug-likeness (QED) is 0.516. The second-order valence-electron chi connectivity index (χ2n) is 1.81. The monoisotopic (exact) mass is 154 g/mol. The summed E-state index contributed by atoms with van der Waals surface area (Å²) in [5.74, 6) is 0. The highest BCUT2D eigenvalue weighted by molar-refractivity contribution is 7.14. The van der Waals surface area contributed by atoms with E-state index in [-0.39, 0.29) is 4.94 Å². The van der Waals surface area contributed by atoms with Gasteiger partial charge < -0.3 is 0 Å². The summed E-state index contributed by atoms with van der Waals surface area (Å²) in [7, 11) is 0. The van der Waals surface area contributed by atoms with E-state index >= 15 is 0 Å². The predicted molar refractivity (Wildman–Crippen MR) is 36.0 cm³/mol. The fraction of sp³-hybridized carbons (Fsp3) is 0. The molecule has 0 saturated carbocycles. The summed E-state index contributed by atoms with van der Waals surface area (Å²) in [5, 5.41) is 0. The summed E-state index contributed by atoms with van der Waals surface area (Å²) in [6.07, 6.45) is 1.70. The van der Waals surface area contributed by atoms with E-state index in [1.807, 2.05) is 18.2 Å². The Bertz CT molecular complexity index is 367. The zero-order chi connectivity index (χ0) is 6.97. The highest BCUT2D eigenvalue weighted by atomic mass is 32.1. The van der Waals surface area contributed by atoms with E-state index < -0.39 is 0 Å². The third-order valence-corrected chi connectivity index (χ3v) is 1.92. The van der Waals surface area contributed by atoms with Crippen molar-refractivity contribution in [2.45, 2.75) is 0 Å². The van der Waals surface area contributed by atoms with Gasteiger partial charge in [0.05, 0.1) is 0 Å². The van der Waals surface area contributed by atoms with Gasteiger partial charge in [-0.3, -0.25) is 0 Å². The molecule has 0 aliphatic carbocycles. The molecule has 0 amide bonds. The van der Waals surface area contributed by atoms with Crippen LogP contribution in [0.15, 0.2) is 33.7 Å². The van der Waals surface area contributed by atoms with Gasteiger partial charge in [-0.15, -0.1) is 0 Å². The fourth-order valence-corrected chi connectivity index (χ4v) is 1.37. The molecule has 0 saturated heterocycles. The van der Waals surface area contributed by atoms with Crippen molar-refractivity contribution in [1.29, 1.82) is 0 Å². The molecule has 3 nitrogen and oxygen atoms in total. The van der Waals surface area contributed by atoms with Gasteiger partial charge in [0.1, 0.15) is 0 Å². The van der Waals surface area contributed by atoms with E-state index in [9.17, 15) is 4.79 Å². The van der Waals surface area contributed by atoms with Gasteiger partial charge in [-0.1, -0.05) is 0 Å². The molecule has 10 heavy (non-hydrogen) atoms. The van der Waals surface area contributed by atoms with E-state index in [1.165, 1.54) is 4.57 Å². The Hall–Kier alpha value is -1.16. The molecule has 0 unspecified atom stereocenters. The number of rotatable bonds is 0. The van der Waals surface area contributed by atoms with Crippen molar-refractivity contribution in [2.24, 2.45) is 0 Å². The molecular formula is C6H4NO2S+. The summed E-state index contributed by atoms with van der Waals surface area (Å²) in [5.41, 5.74) is 0. The van der Waals surface area contributed by atoms with Crippen LogP contribution in [0.4, 0.5) is 0 Å². The molecule has 0 aliphatic heterocycles. The van der Waals surface area contributed by atoms with Gasteiger partial charge in [-0.25, -0.2) is 4.79 Å². The third-order valence-electron chi connectivity index (χ3n) is 1.15. The maximum absolute atomic E-state index is 10.6. The van der Waals surface area contributed by atoms with Crippen molar-refractivity contribution in [3.8, 4) is 0 Å². The molecule has 4 heteroatoms. The van der Waals surface area contributed by atoms with Crippen LogP contribution in [-0.4, -0.2) is 0 Å². The van der Waals surface area contributed by atoms with Crippen molar-refractivity contribution in [3.05, 3.63) is 34.1 Å². The van der Waals surface area contributed by atoms with Crippen molar-refractivity contribution in [1.82, 2.24) is 0 Å². The Morgan fingerprint density at radius 2 is 2.40 bits per heavy atom. The number of aromatic nitrogens is 1. The van der Waals surface area contributed by atoms with Crippen LogP contribution < -0.4 is 9.51 Å². The lowest BCUT2D eigenvalue weighted by Gasteiger charge is -1.70. The molecule has 0 aliphatic rings. The highest BCUT2D eigenvalue weighted by Gasteiger charge is 2.06. The topological polar surface area (TPSA) is 34.3 Å². The zero-order valence-corrected chi connectivity index (χ0v) is 5.80. The molecule has 0 fully saturated rings. The second-order valence-corrected chi connectivity index (χ2v) is 2.76. The first-order valence-electron chi connectivity index (χ1n) is 2.77. The first kappa shape index (κ1) is 5.61. The van der Waals surface area contributed by atoms with E-state index in [4.69, 9.17) is 4.52 Å². The molecule has 2 aromatic rings. The van der Waals surface area contributed by atoms with Gasteiger partial charge in [0.15, 0.2) is 0 Å². The molecule has 0 atom stereocenters. The largest absolute Gasteiger partial charge is 0.466 e. The Morgan fingerprint density at radius 1 is 1.50 bits per heavy atom. The maximum Gasteiger partial charge on any atom is 0.466 e. The lowest BCUT2D eigenvalue weighted by atomic mass is 10.5.